The molecule has 0 aromatic heterocycles. The van der Waals surface area contributed by atoms with E-state index in [4.69, 9.17) is 4.74 Å². The van der Waals surface area contributed by atoms with Gasteiger partial charge < -0.3 is 10.1 Å². The number of nitrogens with one attached hydrogen (secondary N) is 1. The fourth-order valence-electron chi connectivity index (χ4n) is 2.17. The Bertz CT molecular complexity index is 527. The van der Waals surface area contributed by atoms with Crippen LogP contribution in [0.4, 0.5) is 0 Å². The molecule has 0 aliphatic carbocycles. The van der Waals surface area contributed by atoms with E-state index in [0.717, 1.165) is 11.1 Å². The summed E-state index contributed by atoms with van der Waals surface area (Å²) in [6.45, 7) is 4.86. The van der Waals surface area contributed by atoms with Crippen molar-refractivity contribution in [3.05, 3.63) is 71.8 Å². The minimum absolute atomic E-state index is 0.0567. The Morgan fingerprint density at radius 1 is 0.955 bits per heavy atom. The van der Waals surface area contributed by atoms with Crippen molar-refractivity contribution in [2.24, 2.45) is 5.92 Å². The van der Waals surface area contributed by atoms with E-state index in [1.807, 2.05) is 60.7 Å². The van der Waals surface area contributed by atoms with E-state index in [-0.39, 0.29) is 18.6 Å². The number of rotatable bonds is 7. The maximum absolute atomic E-state index is 11.9. The smallest absolute Gasteiger partial charge is 0.246 e. The summed E-state index contributed by atoms with van der Waals surface area (Å²) in [5, 5.41) is 2.88. The van der Waals surface area contributed by atoms with Gasteiger partial charge in [-0.2, -0.15) is 0 Å². The predicted molar refractivity (Wildman–Crippen MR) is 88.5 cm³/mol. The maximum atomic E-state index is 11.9. The zero-order valence-electron chi connectivity index (χ0n) is 13.2. The van der Waals surface area contributed by atoms with E-state index in [1.165, 1.54) is 0 Å². The summed E-state index contributed by atoms with van der Waals surface area (Å²) in [7, 11) is 0. The van der Waals surface area contributed by atoms with Crippen LogP contribution in [-0.2, 0) is 9.53 Å². The van der Waals surface area contributed by atoms with Crippen molar-refractivity contribution < 1.29 is 9.53 Å². The Hall–Kier alpha value is -2.13. The molecule has 3 nitrogen and oxygen atoms in total. The summed E-state index contributed by atoms with van der Waals surface area (Å²) >= 11 is 0. The van der Waals surface area contributed by atoms with E-state index in [1.54, 1.807) is 0 Å². The first-order valence-corrected chi connectivity index (χ1v) is 7.65. The van der Waals surface area contributed by atoms with Crippen LogP contribution in [0.25, 0.3) is 0 Å². The number of carbonyl (C=O) groups excluding carboxylic acids is 1. The molecule has 0 heterocycles. The monoisotopic (exact) mass is 297 g/mol. The van der Waals surface area contributed by atoms with Gasteiger partial charge >= 0.3 is 0 Å². The van der Waals surface area contributed by atoms with Gasteiger partial charge in [-0.1, -0.05) is 74.5 Å². The second kappa shape index (κ2) is 8.35. The SMILES string of the molecule is CC(C)CNC(=O)COC(c1ccccc1)c1ccccc1. The normalized spacial score (nSPS) is 10.9. The first-order valence-electron chi connectivity index (χ1n) is 7.65. The van der Waals surface area contributed by atoms with Gasteiger partial charge in [0.05, 0.1) is 0 Å². The molecule has 0 saturated carbocycles. The first kappa shape index (κ1) is 16.2. The lowest BCUT2D eigenvalue weighted by Crippen LogP contribution is -2.31. The van der Waals surface area contributed by atoms with Crippen LogP contribution in [0.15, 0.2) is 60.7 Å². The van der Waals surface area contributed by atoms with Crippen LogP contribution < -0.4 is 5.32 Å². The van der Waals surface area contributed by atoms with E-state index < -0.39 is 0 Å². The Kier molecular flexibility index (Phi) is 6.16. The molecule has 2 aromatic rings. The maximum Gasteiger partial charge on any atom is 0.246 e. The van der Waals surface area contributed by atoms with Gasteiger partial charge in [-0.25, -0.2) is 0 Å². The molecule has 0 atom stereocenters. The second-order valence-corrected chi connectivity index (χ2v) is 5.71. The van der Waals surface area contributed by atoms with Crippen molar-refractivity contribution in [1.82, 2.24) is 5.32 Å². The molecule has 2 aromatic carbocycles. The molecule has 0 bridgehead atoms. The summed E-state index contributed by atoms with van der Waals surface area (Å²) in [5.74, 6) is 0.355. The van der Waals surface area contributed by atoms with Gasteiger partial charge in [-0.3, -0.25) is 4.79 Å². The van der Waals surface area contributed by atoms with Gasteiger partial charge in [0.15, 0.2) is 0 Å². The lowest BCUT2D eigenvalue weighted by molar-refractivity contribution is -0.127. The van der Waals surface area contributed by atoms with Crippen LogP contribution in [0.5, 0.6) is 0 Å². The van der Waals surface area contributed by atoms with Crippen LogP contribution in [0.3, 0.4) is 0 Å². The van der Waals surface area contributed by atoms with E-state index in [2.05, 4.69) is 19.2 Å². The molecule has 0 saturated heterocycles. The van der Waals surface area contributed by atoms with E-state index in [0.29, 0.717) is 12.5 Å². The van der Waals surface area contributed by atoms with Gasteiger partial charge in [0, 0.05) is 6.54 Å². The van der Waals surface area contributed by atoms with E-state index >= 15 is 0 Å². The summed E-state index contributed by atoms with van der Waals surface area (Å²) in [6.07, 6.45) is -0.229. The Balaban J connectivity index is 2.05. The van der Waals surface area contributed by atoms with E-state index in [9.17, 15) is 4.79 Å². The highest BCUT2D eigenvalue weighted by atomic mass is 16.5. The summed E-state index contributed by atoms with van der Waals surface area (Å²) in [5.41, 5.74) is 2.09. The summed E-state index contributed by atoms with van der Waals surface area (Å²) in [4.78, 5) is 11.9. The number of carbonyl (C=O) groups is 1. The summed E-state index contributed by atoms with van der Waals surface area (Å²) < 4.78 is 5.90. The average molecular weight is 297 g/mol. The number of amides is 1. The molecule has 0 fully saturated rings. The second-order valence-electron chi connectivity index (χ2n) is 5.71. The molecule has 0 radical (unpaired) electrons. The standard InChI is InChI=1S/C19H23NO2/c1-15(2)13-20-18(21)14-22-19(16-9-5-3-6-10-16)17-11-7-4-8-12-17/h3-12,15,19H,13-14H2,1-2H3,(H,20,21). The van der Waals surface area contributed by atoms with Crippen LogP contribution in [-0.4, -0.2) is 19.1 Å². The average Bonchev–Trinajstić information content (AvgIpc) is 2.55. The van der Waals surface area contributed by atoms with Crippen LogP contribution in [0.1, 0.15) is 31.1 Å². The Morgan fingerprint density at radius 2 is 1.45 bits per heavy atom. The van der Waals surface area contributed by atoms with Crippen LogP contribution >= 0.6 is 0 Å². The van der Waals surface area contributed by atoms with Crippen molar-refractivity contribution in [3.63, 3.8) is 0 Å². The molecule has 3 heteroatoms. The fourth-order valence-corrected chi connectivity index (χ4v) is 2.17. The third kappa shape index (κ3) is 5.01. The van der Waals surface area contributed by atoms with Crippen LogP contribution in [0.2, 0.25) is 0 Å². The van der Waals surface area contributed by atoms with Gasteiger partial charge in [0.25, 0.3) is 0 Å². The van der Waals surface area contributed by atoms with Gasteiger partial charge in [-0.15, -0.1) is 0 Å². The zero-order valence-corrected chi connectivity index (χ0v) is 13.2. The third-order valence-corrected chi connectivity index (χ3v) is 3.29. The third-order valence-electron chi connectivity index (χ3n) is 3.29. The highest BCUT2D eigenvalue weighted by Crippen LogP contribution is 2.25. The fraction of sp³-hybridized carbons (Fsp3) is 0.316. The van der Waals surface area contributed by atoms with Gasteiger partial charge in [0.1, 0.15) is 12.7 Å². The molecule has 0 unspecified atom stereocenters. The minimum Gasteiger partial charge on any atom is -0.359 e. The van der Waals surface area contributed by atoms with Crippen molar-refractivity contribution in [2.75, 3.05) is 13.2 Å². The number of hydrogen-bond acceptors (Lipinski definition) is 2. The van der Waals surface area contributed by atoms with Gasteiger partial charge in [0.2, 0.25) is 5.91 Å². The minimum atomic E-state index is -0.229. The van der Waals surface area contributed by atoms with Gasteiger partial charge in [-0.05, 0) is 17.0 Å². The molecule has 0 spiro atoms. The Morgan fingerprint density at radius 3 is 1.91 bits per heavy atom. The molecular formula is C19H23NO2. The highest BCUT2D eigenvalue weighted by Gasteiger charge is 2.16. The number of benzene rings is 2. The molecule has 1 amide bonds. The lowest BCUT2D eigenvalue weighted by atomic mass is 10.0. The van der Waals surface area contributed by atoms with Crippen molar-refractivity contribution in [1.29, 1.82) is 0 Å². The first-order chi connectivity index (χ1) is 10.7. The molecule has 0 aliphatic heterocycles. The molecule has 1 N–H and O–H groups in total. The zero-order chi connectivity index (χ0) is 15.8. The van der Waals surface area contributed by atoms with Crippen molar-refractivity contribution in [2.45, 2.75) is 20.0 Å². The number of hydrogen-bond donors (Lipinski definition) is 1. The largest absolute Gasteiger partial charge is 0.359 e. The lowest BCUT2D eigenvalue weighted by Gasteiger charge is -2.19. The van der Waals surface area contributed by atoms with Crippen LogP contribution in [0, 0.1) is 5.92 Å². The predicted octanol–water partition coefficient (Wildman–Crippen LogP) is 3.56. The molecule has 2 rings (SSSR count). The van der Waals surface area contributed by atoms with Crippen molar-refractivity contribution in [3.8, 4) is 0 Å². The van der Waals surface area contributed by atoms with Crippen molar-refractivity contribution >= 4 is 5.91 Å². The number of ether oxygens (including phenoxy) is 1. The Labute approximate surface area is 132 Å². The quantitative estimate of drug-likeness (QED) is 0.848. The molecule has 0 aliphatic rings. The molecular weight excluding hydrogens is 274 g/mol. The highest BCUT2D eigenvalue weighted by molar-refractivity contribution is 5.77. The summed E-state index contributed by atoms with van der Waals surface area (Å²) in [6, 6.07) is 19.9. The molecule has 116 valence electrons. The topological polar surface area (TPSA) is 38.3 Å². The molecule has 22 heavy (non-hydrogen) atoms.